The second-order valence-corrected chi connectivity index (χ2v) is 8.49. The number of nitro benzene ring substituents is 1. The lowest BCUT2D eigenvalue weighted by Gasteiger charge is -2.20. The lowest BCUT2D eigenvalue weighted by atomic mass is 10.2. The van der Waals surface area contributed by atoms with Crippen molar-refractivity contribution in [2.24, 2.45) is 4.99 Å². The normalized spacial score (nSPS) is 16.1. The number of sulfonamides is 1. The Balaban J connectivity index is 1.86. The van der Waals surface area contributed by atoms with Gasteiger partial charge < -0.3 is 5.11 Å². The highest BCUT2D eigenvalue weighted by atomic mass is 32.2. The average molecular weight is 402 g/mol. The number of rotatable bonds is 5. The van der Waals surface area contributed by atoms with Gasteiger partial charge in [0.05, 0.1) is 15.5 Å². The maximum atomic E-state index is 12.9. The molecule has 0 aromatic heterocycles. The van der Waals surface area contributed by atoms with Crippen molar-refractivity contribution < 1.29 is 18.4 Å². The first kappa shape index (κ1) is 20.0. The minimum atomic E-state index is -3.61. The highest BCUT2D eigenvalue weighted by Crippen LogP contribution is 2.25. The summed E-state index contributed by atoms with van der Waals surface area (Å²) in [6.45, 7) is 1.01. The van der Waals surface area contributed by atoms with Gasteiger partial charge in [0.25, 0.3) is 5.69 Å². The molecule has 0 aliphatic carbocycles. The van der Waals surface area contributed by atoms with Crippen LogP contribution < -0.4 is 5.11 Å². The van der Waals surface area contributed by atoms with Gasteiger partial charge in [-0.05, 0) is 36.6 Å². The summed E-state index contributed by atoms with van der Waals surface area (Å²) in [6, 6.07) is 9.55. The van der Waals surface area contributed by atoms with Gasteiger partial charge in [-0.3, -0.25) is 15.1 Å². The third kappa shape index (κ3) is 4.55. The van der Waals surface area contributed by atoms with E-state index in [0.29, 0.717) is 18.8 Å². The smallest absolute Gasteiger partial charge is 0.270 e. The van der Waals surface area contributed by atoms with Gasteiger partial charge in [0.2, 0.25) is 10.0 Å². The summed E-state index contributed by atoms with van der Waals surface area (Å²) in [5.41, 5.74) is 0.204. The summed E-state index contributed by atoms with van der Waals surface area (Å²) < 4.78 is 27.3. The van der Waals surface area contributed by atoms with E-state index in [9.17, 15) is 23.6 Å². The molecule has 1 aliphatic rings. The number of hydrogen-bond acceptors (Lipinski definition) is 6. The lowest BCUT2D eigenvalue weighted by molar-refractivity contribution is -0.385. The van der Waals surface area contributed by atoms with E-state index in [-0.39, 0.29) is 16.1 Å². The Morgan fingerprint density at radius 2 is 1.75 bits per heavy atom. The first-order chi connectivity index (χ1) is 13.4. The van der Waals surface area contributed by atoms with E-state index in [1.54, 1.807) is 12.1 Å². The molecule has 0 amide bonds. The van der Waals surface area contributed by atoms with Crippen molar-refractivity contribution in [2.75, 3.05) is 13.1 Å². The van der Waals surface area contributed by atoms with E-state index in [1.807, 2.05) is 0 Å². The van der Waals surface area contributed by atoms with Crippen LogP contribution in [0.1, 0.15) is 31.2 Å². The third-order valence-corrected chi connectivity index (χ3v) is 6.47. The molecule has 1 fully saturated rings. The van der Waals surface area contributed by atoms with Gasteiger partial charge in [-0.25, -0.2) is 8.42 Å². The van der Waals surface area contributed by atoms with Crippen LogP contribution in [0.15, 0.2) is 52.4 Å². The van der Waals surface area contributed by atoms with Crippen molar-refractivity contribution in [3.8, 4) is 5.75 Å². The molecule has 148 valence electrons. The predicted octanol–water partition coefficient (Wildman–Crippen LogP) is 2.98. The van der Waals surface area contributed by atoms with Crippen LogP contribution in [0, 0.1) is 10.1 Å². The number of benzene rings is 2. The van der Waals surface area contributed by atoms with Crippen molar-refractivity contribution in [3.63, 3.8) is 0 Å². The Bertz CT molecular complexity index is 996. The SMILES string of the molecule is O=[N+]([O-])c1ccc([O-])c(C=Nc2cccc(S(=O)(=O)N3CCCCCC3)c2)c1. The molecule has 2 aromatic rings. The third-order valence-electron chi connectivity index (χ3n) is 4.58. The first-order valence-corrected chi connectivity index (χ1v) is 10.4. The second kappa shape index (κ2) is 8.49. The Hall–Kier alpha value is -2.78. The number of aliphatic imine (C=N–C) groups is 1. The Morgan fingerprint density at radius 1 is 1.04 bits per heavy atom. The summed E-state index contributed by atoms with van der Waals surface area (Å²) in [5, 5.41) is 22.7. The molecule has 0 atom stereocenters. The summed E-state index contributed by atoms with van der Waals surface area (Å²) in [4.78, 5) is 14.6. The van der Waals surface area contributed by atoms with Crippen LogP contribution in [0.4, 0.5) is 11.4 Å². The van der Waals surface area contributed by atoms with Gasteiger partial charge in [0.15, 0.2) is 0 Å². The van der Waals surface area contributed by atoms with Crippen LogP contribution >= 0.6 is 0 Å². The zero-order valence-corrected chi connectivity index (χ0v) is 16.0. The van der Waals surface area contributed by atoms with Crippen molar-refractivity contribution in [3.05, 3.63) is 58.1 Å². The average Bonchev–Trinajstić information content (AvgIpc) is 2.97. The molecule has 0 spiro atoms. The molecule has 0 unspecified atom stereocenters. The predicted molar refractivity (Wildman–Crippen MR) is 103 cm³/mol. The van der Waals surface area contributed by atoms with Gasteiger partial charge in [-0.15, -0.1) is 0 Å². The topological polar surface area (TPSA) is 116 Å². The van der Waals surface area contributed by atoms with E-state index in [4.69, 9.17) is 0 Å². The number of nitrogens with zero attached hydrogens (tertiary/aromatic N) is 3. The second-order valence-electron chi connectivity index (χ2n) is 6.55. The number of hydrogen-bond donors (Lipinski definition) is 0. The number of nitro groups is 1. The standard InChI is InChI=1S/C19H21N3O5S/c23-19-9-8-17(22(24)25)12-15(19)14-20-16-6-5-7-18(13-16)28(26,27)21-10-3-1-2-4-11-21/h5-9,12-14,23H,1-4,10-11H2/p-1. The van der Waals surface area contributed by atoms with Gasteiger partial charge in [-0.1, -0.05) is 30.7 Å². The van der Waals surface area contributed by atoms with E-state index >= 15 is 0 Å². The van der Waals surface area contributed by atoms with Crippen LogP contribution in [0.5, 0.6) is 5.75 Å². The zero-order chi connectivity index (χ0) is 20.1. The first-order valence-electron chi connectivity index (χ1n) is 8.98. The minimum absolute atomic E-state index is 0.0648. The number of non-ortho nitro benzene ring substituents is 1. The van der Waals surface area contributed by atoms with E-state index in [0.717, 1.165) is 43.9 Å². The summed E-state index contributed by atoms with van der Waals surface area (Å²) in [7, 11) is -3.61. The summed E-state index contributed by atoms with van der Waals surface area (Å²) >= 11 is 0. The van der Waals surface area contributed by atoms with Crippen LogP contribution in [0.25, 0.3) is 0 Å². The highest BCUT2D eigenvalue weighted by molar-refractivity contribution is 7.89. The molecule has 0 radical (unpaired) electrons. The molecule has 2 aromatic carbocycles. The molecule has 28 heavy (non-hydrogen) atoms. The van der Waals surface area contributed by atoms with Gasteiger partial charge in [-0.2, -0.15) is 4.31 Å². The molecular formula is C19H20N3O5S-. The largest absolute Gasteiger partial charge is 0.872 e. The van der Waals surface area contributed by atoms with Crippen LogP contribution in [-0.4, -0.2) is 37.0 Å². The van der Waals surface area contributed by atoms with Crippen molar-refractivity contribution >= 4 is 27.6 Å². The van der Waals surface area contributed by atoms with Crippen LogP contribution in [0.3, 0.4) is 0 Å². The van der Waals surface area contributed by atoms with Crippen LogP contribution in [-0.2, 0) is 10.0 Å². The molecule has 1 saturated heterocycles. The van der Waals surface area contributed by atoms with E-state index in [2.05, 4.69) is 4.99 Å². The van der Waals surface area contributed by atoms with E-state index < -0.39 is 20.7 Å². The van der Waals surface area contributed by atoms with Crippen molar-refractivity contribution in [1.29, 1.82) is 0 Å². The zero-order valence-electron chi connectivity index (χ0n) is 15.2. The van der Waals surface area contributed by atoms with Crippen molar-refractivity contribution in [1.82, 2.24) is 4.31 Å². The van der Waals surface area contributed by atoms with Crippen molar-refractivity contribution in [2.45, 2.75) is 30.6 Å². The van der Waals surface area contributed by atoms with Gasteiger partial charge in [0, 0.05) is 31.4 Å². The molecule has 1 heterocycles. The Labute approximate surface area is 163 Å². The van der Waals surface area contributed by atoms with Gasteiger partial charge in [0.1, 0.15) is 0 Å². The van der Waals surface area contributed by atoms with Gasteiger partial charge >= 0.3 is 0 Å². The lowest BCUT2D eigenvalue weighted by Crippen LogP contribution is -2.31. The molecule has 0 saturated carbocycles. The minimum Gasteiger partial charge on any atom is -0.872 e. The molecule has 0 bridgehead atoms. The monoisotopic (exact) mass is 402 g/mol. The quantitative estimate of drug-likeness (QED) is 0.433. The molecule has 8 nitrogen and oxygen atoms in total. The summed E-state index contributed by atoms with van der Waals surface area (Å²) in [6.07, 6.45) is 4.95. The highest BCUT2D eigenvalue weighted by Gasteiger charge is 2.25. The fraction of sp³-hybridized carbons (Fsp3) is 0.316. The maximum Gasteiger partial charge on any atom is 0.270 e. The Morgan fingerprint density at radius 3 is 2.43 bits per heavy atom. The summed E-state index contributed by atoms with van der Waals surface area (Å²) in [5.74, 6) is -0.400. The fourth-order valence-electron chi connectivity index (χ4n) is 3.05. The molecule has 9 heteroatoms. The Kier molecular flexibility index (Phi) is 6.05. The molecule has 1 aliphatic heterocycles. The van der Waals surface area contributed by atoms with Crippen LogP contribution in [0.2, 0.25) is 0 Å². The molecular weight excluding hydrogens is 382 g/mol. The maximum absolute atomic E-state index is 12.9. The molecule has 0 N–H and O–H groups in total. The fourth-order valence-corrected chi connectivity index (χ4v) is 4.61. The molecule has 3 rings (SSSR count). The van der Waals surface area contributed by atoms with E-state index in [1.165, 1.54) is 22.7 Å².